The van der Waals surface area contributed by atoms with E-state index in [1.54, 1.807) is 0 Å². The van der Waals surface area contributed by atoms with Gasteiger partial charge in [-0.05, 0) is 6.92 Å². The molecule has 0 amide bonds. The molecule has 70 valence electrons. The van der Waals surface area contributed by atoms with Crippen molar-refractivity contribution in [3.8, 4) is 0 Å². The molecule has 0 aromatic heterocycles. The maximum absolute atomic E-state index is 10.1. The Morgan fingerprint density at radius 2 is 2.00 bits per heavy atom. The Kier molecular flexibility index (Phi) is 9.25. The number of aliphatic hydroxyl groups excluding tert-OH is 1. The van der Waals surface area contributed by atoms with Crippen LogP contribution >= 0.6 is 0 Å². The average Bonchev–Trinajstić information content (AvgIpc) is 1.78. The fourth-order valence-electron chi connectivity index (χ4n) is 0.418. The van der Waals surface area contributed by atoms with Crippen LogP contribution < -0.4 is 0 Å². The Morgan fingerprint density at radius 1 is 1.50 bits per heavy atom. The van der Waals surface area contributed by atoms with Crippen molar-refractivity contribution in [3.05, 3.63) is 0 Å². The second-order valence-electron chi connectivity index (χ2n) is 2.21. The molecule has 0 aliphatic carbocycles. The van der Waals surface area contributed by atoms with Crippen LogP contribution in [-0.4, -0.2) is 72.7 Å². The molecule has 0 spiro atoms. The molecular formula is C5H13NaO5S. The van der Waals surface area contributed by atoms with Crippen LogP contribution in [0.2, 0.25) is 0 Å². The third kappa shape index (κ3) is 13.4. The summed E-state index contributed by atoms with van der Waals surface area (Å²) in [5, 5.41) is 8.64. The number of ether oxygens (including phenoxy) is 1. The zero-order valence-corrected chi connectivity index (χ0v) is 7.04. The van der Waals surface area contributed by atoms with Crippen LogP contribution in [0.3, 0.4) is 0 Å². The monoisotopic (exact) mass is 208 g/mol. The van der Waals surface area contributed by atoms with Gasteiger partial charge in [0, 0.05) is 0 Å². The Morgan fingerprint density at radius 3 is 2.33 bits per heavy atom. The maximum atomic E-state index is 10.1. The third-order valence-corrected chi connectivity index (χ3v) is 1.53. The van der Waals surface area contributed by atoms with Crippen molar-refractivity contribution in [2.75, 3.05) is 19.0 Å². The van der Waals surface area contributed by atoms with E-state index >= 15 is 0 Å². The molecule has 0 aliphatic rings. The van der Waals surface area contributed by atoms with E-state index in [9.17, 15) is 8.42 Å². The number of hydrogen-bond acceptors (Lipinski definition) is 4. The van der Waals surface area contributed by atoms with Gasteiger partial charge in [0.25, 0.3) is 10.1 Å². The van der Waals surface area contributed by atoms with Gasteiger partial charge in [0.15, 0.2) is 0 Å². The molecule has 2 N–H and O–H groups in total. The van der Waals surface area contributed by atoms with Gasteiger partial charge in [-0.2, -0.15) is 8.42 Å². The van der Waals surface area contributed by atoms with Crippen LogP contribution in [0.25, 0.3) is 0 Å². The van der Waals surface area contributed by atoms with Crippen LogP contribution in [0.1, 0.15) is 6.92 Å². The first kappa shape index (κ1) is 15.3. The summed E-state index contributed by atoms with van der Waals surface area (Å²) >= 11 is 0. The molecule has 5 nitrogen and oxygen atoms in total. The molecule has 1 atom stereocenters. The quantitative estimate of drug-likeness (QED) is 0.330. The molecule has 0 radical (unpaired) electrons. The summed E-state index contributed by atoms with van der Waals surface area (Å²) < 4.78 is 33.1. The first-order valence-corrected chi connectivity index (χ1v) is 4.73. The fourth-order valence-corrected chi connectivity index (χ4v) is 0.747. The second kappa shape index (κ2) is 7.25. The van der Waals surface area contributed by atoms with Crippen LogP contribution in [0.5, 0.6) is 0 Å². The molecule has 0 saturated carbocycles. The molecule has 0 saturated heterocycles. The second-order valence-corrected chi connectivity index (χ2v) is 3.78. The molecule has 12 heavy (non-hydrogen) atoms. The molecule has 0 heterocycles. The van der Waals surface area contributed by atoms with Gasteiger partial charge in [-0.15, -0.1) is 0 Å². The van der Waals surface area contributed by atoms with Gasteiger partial charge >= 0.3 is 29.6 Å². The molecule has 0 bridgehead atoms. The molecule has 1 unspecified atom stereocenters. The van der Waals surface area contributed by atoms with E-state index in [1.165, 1.54) is 6.92 Å². The molecular weight excluding hydrogens is 195 g/mol. The molecule has 0 aromatic rings. The van der Waals surface area contributed by atoms with Gasteiger partial charge in [0.1, 0.15) is 0 Å². The van der Waals surface area contributed by atoms with E-state index in [1.807, 2.05) is 0 Å². The topological polar surface area (TPSA) is 83.8 Å². The third-order valence-electron chi connectivity index (χ3n) is 0.845. The van der Waals surface area contributed by atoms with Crippen LogP contribution in [0.15, 0.2) is 0 Å². The predicted octanol–water partition coefficient (Wildman–Crippen LogP) is -1.38. The van der Waals surface area contributed by atoms with Crippen molar-refractivity contribution in [2.24, 2.45) is 0 Å². The fraction of sp³-hybridized carbons (Fsp3) is 1.00. The SMILES string of the molecule is CC(O)COCCS(=O)(=O)O.[NaH]. The first-order chi connectivity index (χ1) is 4.92. The van der Waals surface area contributed by atoms with Crippen LogP contribution in [0, 0.1) is 0 Å². The van der Waals surface area contributed by atoms with Crippen LogP contribution in [0.4, 0.5) is 0 Å². The van der Waals surface area contributed by atoms with Gasteiger partial charge in [-0.3, -0.25) is 4.55 Å². The van der Waals surface area contributed by atoms with Gasteiger partial charge in [-0.1, -0.05) is 0 Å². The van der Waals surface area contributed by atoms with E-state index in [0.717, 1.165) is 0 Å². The van der Waals surface area contributed by atoms with Crippen molar-refractivity contribution in [2.45, 2.75) is 13.0 Å². The van der Waals surface area contributed by atoms with Gasteiger partial charge in [-0.25, -0.2) is 0 Å². The summed E-state index contributed by atoms with van der Waals surface area (Å²) in [5.41, 5.74) is 0. The molecule has 0 aromatic carbocycles. The first-order valence-electron chi connectivity index (χ1n) is 3.13. The summed E-state index contributed by atoms with van der Waals surface area (Å²) in [5.74, 6) is -0.431. The van der Waals surface area contributed by atoms with Gasteiger partial charge in [0.05, 0.1) is 25.1 Å². The Bertz CT molecular complexity index is 188. The van der Waals surface area contributed by atoms with E-state index in [2.05, 4.69) is 4.74 Å². The summed E-state index contributed by atoms with van der Waals surface area (Å²) in [6, 6.07) is 0. The summed E-state index contributed by atoms with van der Waals surface area (Å²) in [7, 11) is -3.93. The summed E-state index contributed by atoms with van der Waals surface area (Å²) in [6.07, 6.45) is -0.614. The zero-order chi connectivity index (χ0) is 8.91. The minimum absolute atomic E-state index is 0. The van der Waals surface area contributed by atoms with Crippen molar-refractivity contribution < 1.29 is 22.8 Å². The van der Waals surface area contributed by atoms with E-state index in [4.69, 9.17) is 9.66 Å². The Balaban J connectivity index is 0. The number of hydrogen-bond donors (Lipinski definition) is 2. The van der Waals surface area contributed by atoms with E-state index < -0.39 is 22.0 Å². The van der Waals surface area contributed by atoms with E-state index in [-0.39, 0.29) is 42.8 Å². The van der Waals surface area contributed by atoms with Crippen molar-refractivity contribution in [3.63, 3.8) is 0 Å². The van der Waals surface area contributed by atoms with Gasteiger partial charge < -0.3 is 9.84 Å². The Hall–Kier alpha value is 0.830. The molecule has 0 aliphatic heterocycles. The van der Waals surface area contributed by atoms with E-state index in [0.29, 0.717) is 0 Å². The van der Waals surface area contributed by atoms with Crippen molar-refractivity contribution in [1.82, 2.24) is 0 Å². The van der Waals surface area contributed by atoms with Crippen molar-refractivity contribution in [1.29, 1.82) is 0 Å². The normalized spacial score (nSPS) is 13.6. The average molecular weight is 208 g/mol. The predicted molar refractivity (Wildman–Crippen MR) is 46.1 cm³/mol. The number of aliphatic hydroxyl groups is 1. The molecule has 0 rings (SSSR count). The van der Waals surface area contributed by atoms with Crippen LogP contribution in [-0.2, 0) is 14.9 Å². The molecule has 0 fully saturated rings. The molecule has 7 heteroatoms. The zero-order valence-electron chi connectivity index (χ0n) is 6.23. The van der Waals surface area contributed by atoms with Gasteiger partial charge in [0.2, 0.25) is 0 Å². The van der Waals surface area contributed by atoms with Crippen molar-refractivity contribution >= 4 is 39.7 Å². The minimum atomic E-state index is -3.93. The standard InChI is InChI=1S/C5H12O5S.Na.H/c1-5(6)4-10-2-3-11(7,8)9;;/h5-6H,2-4H2,1H3,(H,7,8,9);;. The Labute approximate surface area is 94.1 Å². The summed E-state index contributed by atoms with van der Waals surface area (Å²) in [4.78, 5) is 0. The summed E-state index contributed by atoms with van der Waals surface area (Å²) in [6.45, 7) is 1.51. The number of rotatable bonds is 5.